The Kier molecular flexibility index (Phi) is 4.56. The van der Waals surface area contributed by atoms with Crippen LogP contribution in [-0.4, -0.2) is 26.0 Å². The fourth-order valence-corrected chi connectivity index (χ4v) is 2.12. The fourth-order valence-electron chi connectivity index (χ4n) is 2.12. The molecule has 0 saturated heterocycles. The average Bonchev–Trinajstić information content (AvgIpc) is 3.09. The molecule has 0 bridgehead atoms. The van der Waals surface area contributed by atoms with Crippen molar-refractivity contribution in [3.8, 4) is 11.5 Å². The lowest BCUT2D eigenvalue weighted by Crippen LogP contribution is -2.24. The van der Waals surface area contributed by atoms with E-state index in [0.29, 0.717) is 23.1 Å². The van der Waals surface area contributed by atoms with Crippen LogP contribution >= 0.6 is 0 Å². The van der Waals surface area contributed by atoms with E-state index < -0.39 is 0 Å². The second-order valence-corrected chi connectivity index (χ2v) is 6.61. The van der Waals surface area contributed by atoms with Gasteiger partial charge in [-0.15, -0.1) is 0 Å². The van der Waals surface area contributed by atoms with Gasteiger partial charge in [-0.2, -0.15) is 4.98 Å². The van der Waals surface area contributed by atoms with Crippen molar-refractivity contribution in [1.82, 2.24) is 25.4 Å². The summed E-state index contributed by atoms with van der Waals surface area (Å²) in [6.07, 6.45) is 3.04. The van der Waals surface area contributed by atoms with Gasteiger partial charge in [0.25, 0.3) is 11.8 Å². The van der Waals surface area contributed by atoms with Crippen LogP contribution in [0.4, 0.5) is 0 Å². The number of rotatable bonds is 4. The molecule has 25 heavy (non-hydrogen) atoms. The smallest absolute Gasteiger partial charge is 0.257 e. The summed E-state index contributed by atoms with van der Waals surface area (Å²) in [4.78, 5) is 24.9. The zero-order chi connectivity index (χ0) is 17.9. The number of nitrogens with zero attached hydrogens (tertiary/aromatic N) is 4. The van der Waals surface area contributed by atoms with Gasteiger partial charge in [0.15, 0.2) is 5.82 Å². The first kappa shape index (κ1) is 16.8. The minimum Gasteiger partial charge on any atom is -0.345 e. The molecule has 3 rings (SSSR count). The van der Waals surface area contributed by atoms with E-state index in [1.165, 1.54) is 12.4 Å². The molecule has 7 heteroatoms. The van der Waals surface area contributed by atoms with Gasteiger partial charge in [0.1, 0.15) is 5.82 Å². The first-order chi connectivity index (χ1) is 11.9. The van der Waals surface area contributed by atoms with Gasteiger partial charge in [-0.05, 0) is 12.1 Å². The highest BCUT2D eigenvalue weighted by atomic mass is 16.5. The largest absolute Gasteiger partial charge is 0.345 e. The van der Waals surface area contributed by atoms with Crippen LogP contribution in [0.3, 0.4) is 0 Å². The van der Waals surface area contributed by atoms with Crippen molar-refractivity contribution in [1.29, 1.82) is 0 Å². The molecule has 0 radical (unpaired) electrons. The molecule has 0 spiro atoms. The fraction of sp³-hybridized carbons (Fsp3) is 0.278. The van der Waals surface area contributed by atoms with Crippen molar-refractivity contribution in [2.24, 2.45) is 0 Å². The highest BCUT2D eigenvalue weighted by molar-refractivity contribution is 5.93. The zero-order valence-corrected chi connectivity index (χ0v) is 14.4. The number of carbonyl (C=O) groups excluding carboxylic acids is 1. The van der Waals surface area contributed by atoms with E-state index in [2.05, 4.69) is 25.4 Å². The Balaban J connectivity index is 1.62. The molecule has 128 valence electrons. The van der Waals surface area contributed by atoms with Gasteiger partial charge in [-0.25, -0.2) is 9.97 Å². The lowest BCUT2D eigenvalue weighted by molar-refractivity contribution is 0.0948. The highest BCUT2D eigenvalue weighted by Gasteiger charge is 2.18. The number of hydrogen-bond acceptors (Lipinski definition) is 6. The van der Waals surface area contributed by atoms with Crippen molar-refractivity contribution < 1.29 is 9.32 Å². The van der Waals surface area contributed by atoms with Crippen molar-refractivity contribution in [3.05, 3.63) is 59.9 Å². The third-order valence-corrected chi connectivity index (χ3v) is 3.48. The molecule has 0 saturated carbocycles. The van der Waals surface area contributed by atoms with Crippen LogP contribution in [0.15, 0.2) is 47.2 Å². The number of hydrogen-bond donors (Lipinski definition) is 1. The van der Waals surface area contributed by atoms with Crippen LogP contribution < -0.4 is 5.32 Å². The molecule has 1 N–H and O–H groups in total. The molecule has 0 aliphatic heterocycles. The molecule has 2 aromatic heterocycles. The number of amides is 1. The minimum absolute atomic E-state index is 0.159. The van der Waals surface area contributed by atoms with E-state index >= 15 is 0 Å². The predicted octanol–water partition coefficient (Wildman–Crippen LogP) is 2.75. The third kappa shape index (κ3) is 4.06. The molecular weight excluding hydrogens is 318 g/mol. The number of carbonyl (C=O) groups is 1. The Hall–Kier alpha value is -3.09. The molecule has 2 heterocycles. The van der Waals surface area contributed by atoms with E-state index in [-0.39, 0.29) is 17.9 Å². The molecule has 1 aromatic carbocycles. The number of nitrogens with one attached hydrogen (secondary N) is 1. The van der Waals surface area contributed by atoms with Gasteiger partial charge in [0.05, 0.1) is 12.1 Å². The van der Waals surface area contributed by atoms with Gasteiger partial charge >= 0.3 is 0 Å². The summed E-state index contributed by atoms with van der Waals surface area (Å²) in [6.45, 7) is 6.21. The van der Waals surface area contributed by atoms with Gasteiger partial charge in [-0.3, -0.25) is 4.79 Å². The van der Waals surface area contributed by atoms with Crippen molar-refractivity contribution in [2.45, 2.75) is 32.7 Å². The summed E-state index contributed by atoms with van der Waals surface area (Å²) >= 11 is 0. The van der Waals surface area contributed by atoms with E-state index in [9.17, 15) is 4.79 Å². The molecule has 0 atom stereocenters. The lowest BCUT2D eigenvalue weighted by atomic mass is 9.96. The SMILES string of the molecule is CC(C)(C)c1ncc(C(=O)NCc2noc(-c3ccccc3)n2)cn1. The predicted molar refractivity (Wildman–Crippen MR) is 91.6 cm³/mol. The summed E-state index contributed by atoms with van der Waals surface area (Å²) < 4.78 is 5.20. The summed E-state index contributed by atoms with van der Waals surface area (Å²) in [6, 6.07) is 9.45. The summed E-state index contributed by atoms with van der Waals surface area (Å²) in [5.41, 5.74) is 1.06. The Labute approximate surface area is 145 Å². The normalized spacial score (nSPS) is 11.3. The Bertz CT molecular complexity index is 851. The van der Waals surface area contributed by atoms with E-state index in [4.69, 9.17) is 4.52 Å². The maximum atomic E-state index is 12.2. The third-order valence-electron chi connectivity index (χ3n) is 3.48. The van der Waals surface area contributed by atoms with Crippen LogP contribution in [0.1, 0.15) is 42.8 Å². The second-order valence-electron chi connectivity index (χ2n) is 6.61. The van der Waals surface area contributed by atoms with Gasteiger partial charge in [-0.1, -0.05) is 44.1 Å². The molecule has 7 nitrogen and oxygen atoms in total. The Morgan fingerprint density at radius 3 is 2.44 bits per heavy atom. The average molecular weight is 337 g/mol. The van der Waals surface area contributed by atoms with E-state index in [0.717, 1.165) is 5.56 Å². The molecule has 0 unspecified atom stereocenters. The number of benzene rings is 1. The second kappa shape index (κ2) is 6.80. The minimum atomic E-state index is -0.286. The summed E-state index contributed by atoms with van der Waals surface area (Å²) in [5.74, 6) is 1.23. The number of aromatic nitrogens is 4. The molecule has 1 amide bonds. The zero-order valence-electron chi connectivity index (χ0n) is 14.4. The molecule has 3 aromatic rings. The van der Waals surface area contributed by atoms with E-state index in [1.807, 2.05) is 51.1 Å². The van der Waals surface area contributed by atoms with Crippen LogP contribution in [0.25, 0.3) is 11.5 Å². The van der Waals surface area contributed by atoms with Crippen LogP contribution in [0.2, 0.25) is 0 Å². The summed E-state index contributed by atoms with van der Waals surface area (Å²) in [5, 5.41) is 6.61. The maximum absolute atomic E-state index is 12.2. The van der Waals surface area contributed by atoms with Gasteiger partial charge in [0, 0.05) is 23.4 Å². The van der Waals surface area contributed by atoms with Gasteiger partial charge in [0.2, 0.25) is 0 Å². The van der Waals surface area contributed by atoms with E-state index in [1.54, 1.807) is 0 Å². The van der Waals surface area contributed by atoms with Crippen molar-refractivity contribution in [3.63, 3.8) is 0 Å². The maximum Gasteiger partial charge on any atom is 0.257 e. The monoisotopic (exact) mass is 337 g/mol. The Morgan fingerprint density at radius 1 is 1.12 bits per heavy atom. The van der Waals surface area contributed by atoms with Crippen molar-refractivity contribution >= 4 is 5.91 Å². The van der Waals surface area contributed by atoms with Crippen LogP contribution in [0.5, 0.6) is 0 Å². The van der Waals surface area contributed by atoms with Gasteiger partial charge < -0.3 is 9.84 Å². The topological polar surface area (TPSA) is 93.8 Å². The van der Waals surface area contributed by atoms with Crippen LogP contribution in [-0.2, 0) is 12.0 Å². The molecule has 0 fully saturated rings. The molecular formula is C18H19N5O2. The van der Waals surface area contributed by atoms with Crippen LogP contribution in [0, 0.1) is 0 Å². The first-order valence-electron chi connectivity index (χ1n) is 7.92. The first-order valence-corrected chi connectivity index (χ1v) is 7.92. The summed E-state index contributed by atoms with van der Waals surface area (Å²) in [7, 11) is 0. The van der Waals surface area contributed by atoms with Crippen molar-refractivity contribution in [2.75, 3.05) is 0 Å². The highest BCUT2D eigenvalue weighted by Crippen LogP contribution is 2.17. The molecule has 0 aliphatic carbocycles. The molecule has 0 aliphatic rings. The Morgan fingerprint density at radius 2 is 1.80 bits per heavy atom. The quantitative estimate of drug-likeness (QED) is 0.787. The standard InChI is InChI=1S/C18H19N5O2/c1-18(2,3)17-20-9-13(10-21-17)15(24)19-11-14-22-16(25-23-14)12-7-5-4-6-8-12/h4-10H,11H2,1-3H3,(H,19,24). The lowest BCUT2D eigenvalue weighted by Gasteiger charge is -2.15.